The molecular formula is C17H23N3O3S2. The predicted molar refractivity (Wildman–Crippen MR) is 101 cm³/mol. The van der Waals surface area contributed by atoms with Gasteiger partial charge in [-0.3, -0.25) is 0 Å². The highest BCUT2D eigenvalue weighted by molar-refractivity contribution is 7.93. The average Bonchev–Trinajstić information content (AvgIpc) is 3.14. The van der Waals surface area contributed by atoms with E-state index in [1.165, 1.54) is 0 Å². The number of aromatic nitrogens is 1. The first-order chi connectivity index (χ1) is 11.8. The van der Waals surface area contributed by atoms with Crippen molar-refractivity contribution in [3.8, 4) is 0 Å². The molecule has 1 fully saturated rings. The Morgan fingerprint density at radius 2 is 2.04 bits per heavy atom. The number of fused-ring (bicyclic) bond motifs is 1. The lowest BCUT2D eigenvalue weighted by Gasteiger charge is -2.12. The molecule has 0 spiro atoms. The molecule has 25 heavy (non-hydrogen) atoms. The number of carbonyl (C=O) groups is 1. The number of rotatable bonds is 5. The summed E-state index contributed by atoms with van der Waals surface area (Å²) in [6.07, 6.45) is 4.37. The molecule has 2 aromatic rings. The number of hydrogen-bond donors (Lipinski definition) is 2. The van der Waals surface area contributed by atoms with Crippen LogP contribution in [0, 0.1) is 5.92 Å². The summed E-state index contributed by atoms with van der Waals surface area (Å²) in [6.45, 7) is 3.74. The number of benzene rings is 1. The maximum atomic E-state index is 12.3. The van der Waals surface area contributed by atoms with Crippen LogP contribution in [0.4, 0.5) is 10.5 Å². The van der Waals surface area contributed by atoms with Gasteiger partial charge in [-0.2, -0.15) is 0 Å². The van der Waals surface area contributed by atoms with E-state index in [1.807, 2.05) is 13.8 Å². The molecule has 3 rings (SSSR count). The lowest BCUT2D eigenvalue weighted by Crippen LogP contribution is -2.36. The monoisotopic (exact) mass is 381 g/mol. The van der Waals surface area contributed by atoms with E-state index in [9.17, 15) is 13.2 Å². The van der Waals surface area contributed by atoms with Crippen molar-refractivity contribution in [1.29, 1.82) is 0 Å². The molecule has 1 aromatic carbocycles. The highest BCUT2D eigenvalue weighted by atomic mass is 32.2. The van der Waals surface area contributed by atoms with Crippen LogP contribution in [0.5, 0.6) is 0 Å². The maximum Gasteiger partial charge on any atom is 0.319 e. The van der Waals surface area contributed by atoms with Crippen molar-refractivity contribution in [2.75, 3.05) is 11.1 Å². The predicted octanol–water partition coefficient (Wildman–Crippen LogP) is 3.79. The largest absolute Gasteiger partial charge is 0.335 e. The van der Waals surface area contributed by atoms with Crippen molar-refractivity contribution in [3.63, 3.8) is 0 Å². The van der Waals surface area contributed by atoms with Gasteiger partial charge in [0, 0.05) is 11.7 Å². The molecule has 1 aromatic heterocycles. The molecule has 136 valence electrons. The van der Waals surface area contributed by atoms with Crippen LogP contribution in [-0.4, -0.2) is 31.2 Å². The smallest absolute Gasteiger partial charge is 0.319 e. The van der Waals surface area contributed by atoms with Crippen molar-refractivity contribution >= 4 is 43.1 Å². The number of hydrogen-bond acceptors (Lipinski definition) is 5. The van der Waals surface area contributed by atoms with Crippen LogP contribution in [0.3, 0.4) is 0 Å². The lowest BCUT2D eigenvalue weighted by atomic mass is 10.2. The topological polar surface area (TPSA) is 88.2 Å². The minimum Gasteiger partial charge on any atom is -0.335 e. The van der Waals surface area contributed by atoms with E-state index in [1.54, 1.807) is 18.2 Å². The molecule has 1 aliphatic rings. The van der Waals surface area contributed by atoms with Gasteiger partial charge in [-0.05, 0) is 37.0 Å². The summed E-state index contributed by atoms with van der Waals surface area (Å²) < 4.78 is 25.6. The Labute approximate surface area is 152 Å². The van der Waals surface area contributed by atoms with Gasteiger partial charge in [0.1, 0.15) is 0 Å². The van der Waals surface area contributed by atoms with Crippen molar-refractivity contribution < 1.29 is 13.2 Å². The summed E-state index contributed by atoms with van der Waals surface area (Å²) in [5.41, 5.74) is 1.27. The first-order valence-electron chi connectivity index (χ1n) is 8.54. The molecule has 0 bridgehead atoms. The summed E-state index contributed by atoms with van der Waals surface area (Å²) >= 11 is 1.15. The number of thiazole rings is 1. The number of nitrogens with one attached hydrogen (secondary N) is 2. The molecule has 2 N–H and O–H groups in total. The minimum atomic E-state index is -3.37. The van der Waals surface area contributed by atoms with Gasteiger partial charge in [-0.15, -0.1) is 11.3 Å². The van der Waals surface area contributed by atoms with Crippen LogP contribution in [0.1, 0.15) is 39.5 Å². The van der Waals surface area contributed by atoms with Gasteiger partial charge in [0.15, 0.2) is 0 Å². The van der Waals surface area contributed by atoms with Crippen LogP contribution < -0.4 is 10.6 Å². The van der Waals surface area contributed by atoms with Gasteiger partial charge < -0.3 is 10.6 Å². The van der Waals surface area contributed by atoms with E-state index in [-0.39, 0.29) is 28.1 Å². The molecule has 1 saturated carbocycles. The number of amides is 2. The van der Waals surface area contributed by atoms with Crippen molar-refractivity contribution in [3.05, 3.63) is 18.2 Å². The summed E-state index contributed by atoms with van der Waals surface area (Å²) in [6, 6.07) is 5.29. The van der Waals surface area contributed by atoms with E-state index in [4.69, 9.17) is 0 Å². The second-order valence-corrected chi connectivity index (χ2v) is 10.2. The summed E-state index contributed by atoms with van der Waals surface area (Å²) in [5.74, 6) is 0.135. The number of nitrogens with zero attached hydrogens (tertiary/aromatic N) is 1. The SMILES string of the molecule is CC(C)CS(=O)(=O)c1nc2ccc(NC(=O)NC3CCCC3)cc2s1. The minimum absolute atomic E-state index is 0.0496. The molecular weight excluding hydrogens is 358 g/mol. The van der Waals surface area contributed by atoms with Crippen molar-refractivity contribution in [1.82, 2.24) is 10.3 Å². The number of sulfone groups is 1. The summed E-state index contributed by atoms with van der Waals surface area (Å²) in [5, 5.41) is 5.79. The highest BCUT2D eigenvalue weighted by Gasteiger charge is 2.21. The Kier molecular flexibility index (Phi) is 5.29. The normalized spacial score (nSPS) is 15.8. The third kappa shape index (κ3) is 4.49. The zero-order valence-electron chi connectivity index (χ0n) is 14.4. The molecule has 0 unspecified atom stereocenters. The van der Waals surface area contributed by atoms with Crippen molar-refractivity contribution in [2.24, 2.45) is 5.92 Å². The molecule has 0 radical (unpaired) electrons. The second-order valence-electron chi connectivity index (χ2n) is 6.92. The number of anilines is 1. The lowest BCUT2D eigenvalue weighted by molar-refractivity contribution is 0.248. The zero-order chi connectivity index (χ0) is 18.0. The van der Waals surface area contributed by atoms with E-state index >= 15 is 0 Å². The van der Waals surface area contributed by atoms with Crippen molar-refractivity contribution in [2.45, 2.75) is 49.9 Å². The molecule has 8 heteroatoms. The molecule has 2 amide bonds. The number of urea groups is 1. The fourth-order valence-electron chi connectivity index (χ4n) is 3.05. The summed E-state index contributed by atoms with van der Waals surface area (Å²) in [7, 11) is -3.37. The van der Waals surface area contributed by atoms with Crippen LogP contribution >= 0.6 is 11.3 Å². The Morgan fingerprint density at radius 3 is 2.72 bits per heavy atom. The van der Waals surface area contributed by atoms with Crippen LogP contribution in [0.2, 0.25) is 0 Å². The highest BCUT2D eigenvalue weighted by Crippen LogP contribution is 2.29. The van der Waals surface area contributed by atoms with Gasteiger partial charge in [0.05, 0.1) is 16.0 Å². The fourth-order valence-corrected chi connectivity index (χ4v) is 6.02. The molecule has 0 atom stereocenters. The van der Waals surface area contributed by atoms with Gasteiger partial charge >= 0.3 is 6.03 Å². The van der Waals surface area contributed by atoms with Crippen LogP contribution in [0.25, 0.3) is 10.2 Å². The maximum absolute atomic E-state index is 12.3. The first kappa shape index (κ1) is 18.1. The van der Waals surface area contributed by atoms with Crippen LogP contribution in [0.15, 0.2) is 22.5 Å². The standard InChI is InChI=1S/C17H23N3O3S2/c1-11(2)10-25(22,23)17-20-14-8-7-13(9-15(14)24-17)19-16(21)18-12-5-3-4-6-12/h7-9,11-12H,3-6,10H2,1-2H3,(H2,18,19,21). The molecule has 6 nitrogen and oxygen atoms in total. The van der Waals surface area contributed by atoms with Gasteiger partial charge in [-0.1, -0.05) is 26.7 Å². The average molecular weight is 382 g/mol. The Bertz CT molecular complexity index is 868. The molecule has 1 heterocycles. The first-order valence-corrected chi connectivity index (χ1v) is 11.0. The molecule has 1 aliphatic carbocycles. The quantitative estimate of drug-likeness (QED) is 0.825. The van der Waals surface area contributed by atoms with E-state index in [0.29, 0.717) is 11.2 Å². The molecule has 0 saturated heterocycles. The van der Waals surface area contributed by atoms with Gasteiger partial charge in [0.25, 0.3) is 0 Å². The van der Waals surface area contributed by atoms with E-state index in [0.717, 1.165) is 41.7 Å². The molecule has 0 aliphatic heterocycles. The van der Waals surface area contributed by atoms with Crippen LogP contribution in [-0.2, 0) is 9.84 Å². The van der Waals surface area contributed by atoms with Gasteiger partial charge in [0.2, 0.25) is 14.2 Å². The van der Waals surface area contributed by atoms with E-state index < -0.39 is 9.84 Å². The third-order valence-corrected chi connectivity index (χ3v) is 7.69. The van der Waals surface area contributed by atoms with E-state index in [2.05, 4.69) is 15.6 Å². The Hall–Kier alpha value is -1.67. The fraction of sp³-hybridized carbons (Fsp3) is 0.529. The second kappa shape index (κ2) is 7.29. The Balaban J connectivity index is 1.74. The Morgan fingerprint density at radius 1 is 1.32 bits per heavy atom. The van der Waals surface area contributed by atoms with Gasteiger partial charge in [-0.25, -0.2) is 18.2 Å². The third-order valence-electron chi connectivity index (χ3n) is 4.14. The summed E-state index contributed by atoms with van der Waals surface area (Å²) in [4.78, 5) is 16.3. The number of carbonyl (C=O) groups excluding carboxylic acids is 1. The zero-order valence-corrected chi connectivity index (χ0v) is 16.0.